The van der Waals surface area contributed by atoms with Crippen LogP contribution >= 0.6 is 0 Å². The van der Waals surface area contributed by atoms with Gasteiger partial charge >= 0.3 is 0 Å². The van der Waals surface area contributed by atoms with Crippen LogP contribution in [0.25, 0.3) is 0 Å². The highest BCUT2D eigenvalue weighted by molar-refractivity contribution is 7.89. The number of nitrogens with one attached hydrogen (secondary N) is 1. The van der Waals surface area contributed by atoms with Crippen molar-refractivity contribution in [3.63, 3.8) is 0 Å². The van der Waals surface area contributed by atoms with Crippen LogP contribution < -0.4 is 5.32 Å². The van der Waals surface area contributed by atoms with Crippen molar-refractivity contribution in [2.24, 2.45) is 0 Å². The van der Waals surface area contributed by atoms with E-state index in [0.717, 1.165) is 12.1 Å². The van der Waals surface area contributed by atoms with E-state index in [-0.39, 0.29) is 23.8 Å². The van der Waals surface area contributed by atoms with Crippen molar-refractivity contribution in [1.82, 2.24) is 14.5 Å². The molecule has 6 nitrogen and oxygen atoms in total. The minimum Gasteiger partial charge on any atom is -0.344 e. The lowest BCUT2D eigenvalue weighted by molar-refractivity contribution is -0.129. The molecular weight excluding hydrogens is 321 g/mol. The maximum Gasteiger partial charge on any atom is 0.242 e. The van der Waals surface area contributed by atoms with Gasteiger partial charge in [-0.25, -0.2) is 17.1 Å². The van der Waals surface area contributed by atoms with Crippen LogP contribution in [0.15, 0.2) is 29.2 Å². The molecule has 0 saturated heterocycles. The molecular formula is C15H24FN3O3S. The predicted octanol–water partition coefficient (Wildman–Crippen LogP) is 0.904. The molecule has 0 spiro atoms. The van der Waals surface area contributed by atoms with Crippen LogP contribution in [-0.2, 0) is 14.8 Å². The Balaban J connectivity index is 2.51. The van der Waals surface area contributed by atoms with Crippen LogP contribution in [0.3, 0.4) is 0 Å². The van der Waals surface area contributed by atoms with E-state index in [0.29, 0.717) is 19.5 Å². The number of rotatable bonds is 9. The second-order valence-electron chi connectivity index (χ2n) is 5.30. The number of amides is 1. The van der Waals surface area contributed by atoms with Gasteiger partial charge in [0.25, 0.3) is 0 Å². The van der Waals surface area contributed by atoms with E-state index in [9.17, 15) is 17.6 Å². The summed E-state index contributed by atoms with van der Waals surface area (Å²) in [5.74, 6) is -0.505. The van der Waals surface area contributed by atoms with Gasteiger partial charge in [0.05, 0.1) is 4.90 Å². The van der Waals surface area contributed by atoms with Gasteiger partial charge in [-0.1, -0.05) is 0 Å². The Morgan fingerprint density at radius 2 is 1.78 bits per heavy atom. The maximum absolute atomic E-state index is 12.9. The predicted molar refractivity (Wildman–Crippen MR) is 87.0 cm³/mol. The minimum atomic E-state index is -3.66. The maximum atomic E-state index is 12.9. The molecule has 1 amide bonds. The quantitative estimate of drug-likeness (QED) is 0.722. The summed E-state index contributed by atoms with van der Waals surface area (Å²) < 4.78 is 38.6. The summed E-state index contributed by atoms with van der Waals surface area (Å²) in [7, 11) is 1.33. The number of hydrogen-bond donors (Lipinski definition) is 1. The van der Waals surface area contributed by atoms with Crippen LogP contribution in [0.2, 0.25) is 0 Å². The number of benzene rings is 1. The second-order valence-corrected chi connectivity index (χ2v) is 7.35. The molecule has 0 fully saturated rings. The lowest BCUT2D eigenvalue weighted by Crippen LogP contribution is -2.33. The fraction of sp³-hybridized carbons (Fsp3) is 0.533. The fourth-order valence-corrected chi connectivity index (χ4v) is 3.16. The number of halogens is 1. The van der Waals surface area contributed by atoms with Gasteiger partial charge < -0.3 is 10.2 Å². The van der Waals surface area contributed by atoms with E-state index in [2.05, 4.69) is 5.32 Å². The van der Waals surface area contributed by atoms with Crippen molar-refractivity contribution in [3.8, 4) is 0 Å². The third-order valence-electron chi connectivity index (χ3n) is 3.51. The highest BCUT2D eigenvalue weighted by atomic mass is 32.2. The molecule has 0 aliphatic rings. The SMILES string of the molecule is CNCCN(C)C(=O)CCCN(C)S(=O)(=O)c1ccc(F)cc1. The zero-order valence-electron chi connectivity index (χ0n) is 13.8. The van der Waals surface area contributed by atoms with Gasteiger partial charge in [-0.05, 0) is 37.7 Å². The number of sulfonamides is 1. The summed E-state index contributed by atoms with van der Waals surface area (Å²) in [4.78, 5) is 13.5. The normalized spacial score (nSPS) is 11.7. The van der Waals surface area contributed by atoms with E-state index < -0.39 is 15.8 Å². The molecule has 0 saturated carbocycles. The molecule has 0 aromatic heterocycles. The number of likely N-dealkylation sites (N-methyl/N-ethyl adjacent to an activating group) is 2. The van der Waals surface area contributed by atoms with Gasteiger partial charge in [-0.15, -0.1) is 0 Å². The van der Waals surface area contributed by atoms with Crippen LogP contribution in [0, 0.1) is 5.82 Å². The summed E-state index contributed by atoms with van der Waals surface area (Å²) in [6.07, 6.45) is 0.711. The highest BCUT2D eigenvalue weighted by Gasteiger charge is 2.20. The zero-order chi connectivity index (χ0) is 17.5. The monoisotopic (exact) mass is 345 g/mol. The lowest BCUT2D eigenvalue weighted by Gasteiger charge is -2.19. The van der Waals surface area contributed by atoms with E-state index in [1.807, 2.05) is 7.05 Å². The number of carbonyl (C=O) groups is 1. The van der Waals surface area contributed by atoms with Gasteiger partial charge in [0, 0.05) is 40.2 Å². The summed E-state index contributed by atoms with van der Waals surface area (Å²) in [6.45, 7) is 1.55. The first-order valence-corrected chi connectivity index (χ1v) is 8.83. The van der Waals surface area contributed by atoms with Crippen molar-refractivity contribution in [1.29, 1.82) is 0 Å². The summed E-state index contributed by atoms with van der Waals surface area (Å²) in [6, 6.07) is 4.69. The molecule has 23 heavy (non-hydrogen) atoms. The Labute approximate surface area is 137 Å². The van der Waals surface area contributed by atoms with Crippen LogP contribution in [-0.4, -0.2) is 64.3 Å². The Kier molecular flexibility index (Phi) is 7.60. The first-order chi connectivity index (χ1) is 10.8. The molecule has 1 rings (SSSR count). The van der Waals surface area contributed by atoms with Crippen LogP contribution in [0.1, 0.15) is 12.8 Å². The van der Waals surface area contributed by atoms with Crippen LogP contribution in [0.5, 0.6) is 0 Å². The lowest BCUT2D eigenvalue weighted by atomic mass is 10.3. The van der Waals surface area contributed by atoms with Crippen LogP contribution in [0.4, 0.5) is 4.39 Å². The number of nitrogens with zero attached hydrogens (tertiary/aromatic N) is 2. The zero-order valence-corrected chi connectivity index (χ0v) is 14.6. The third kappa shape index (κ3) is 5.89. The smallest absolute Gasteiger partial charge is 0.242 e. The molecule has 0 heterocycles. The van der Waals surface area contributed by atoms with E-state index in [1.165, 1.54) is 23.5 Å². The summed E-state index contributed by atoms with van der Waals surface area (Å²) in [5, 5.41) is 2.96. The largest absolute Gasteiger partial charge is 0.344 e. The molecule has 0 aliphatic heterocycles. The van der Waals surface area contributed by atoms with E-state index >= 15 is 0 Å². The van der Waals surface area contributed by atoms with E-state index in [1.54, 1.807) is 11.9 Å². The fourth-order valence-electron chi connectivity index (χ4n) is 1.95. The Morgan fingerprint density at radius 1 is 1.17 bits per heavy atom. The average Bonchev–Trinajstić information content (AvgIpc) is 2.52. The molecule has 8 heteroatoms. The van der Waals surface area contributed by atoms with Gasteiger partial charge in [0.2, 0.25) is 15.9 Å². The molecule has 0 bridgehead atoms. The average molecular weight is 345 g/mol. The second kappa shape index (κ2) is 8.95. The highest BCUT2D eigenvalue weighted by Crippen LogP contribution is 2.15. The summed E-state index contributed by atoms with van der Waals surface area (Å²) in [5.41, 5.74) is 0. The molecule has 1 aromatic rings. The van der Waals surface area contributed by atoms with E-state index in [4.69, 9.17) is 0 Å². The van der Waals surface area contributed by atoms with Crippen molar-refractivity contribution in [2.75, 3.05) is 40.8 Å². The molecule has 1 N–H and O–H groups in total. The first kappa shape index (κ1) is 19.5. The molecule has 0 unspecified atom stereocenters. The van der Waals surface area contributed by atoms with Crippen molar-refractivity contribution in [2.45, 2.75) is 17.7 Å². The Bertz CT molecular complexity index is 605. The number of carbonyl (C=O) groups excluding carboxylic acids is 1. The standard InChI is InChI=1S/C15H24FN3O3S/c1-17-10-12-18(2)15(20)5-4-11-19(3)23(21,22)14-8-6-13(16)7-9-14/h6-9,17H,4-5,10-12H2,1-3H3. The van der Waals surface area contributed by atoms with Gasteiger partial charge in [0.15, 0.2) is 0 Å². The molecule has 0 atom stereocenters. The number of hydrogen-bond acceptors (Lipinski definition) is 4. The summed E-state index contributed by atoms with van der Waals surface area (Å²) >= 11 is 0. The Hall–Kier alpha value is -1.51. The van der Waals surface area contributed by atoms with Gasteiger partial charge in [0.1, 0.15) is 5.82 Å². The molecule has 130 valence electrons. The van der Waals surface area contributed by atoms with Gasteiger partial charge in [-0.3, -0.25) is 4.79 Å². The topological polar surface area (TPSA) is 69.7 Å². The molecule has 1 aromatic carbocycles. The van der Waals surface area contributed by atoms with Crippen molar-refractivity contribution >= 4 is 15.9 Å². The molecule has 0 aliphatic carbocycles. The minimum absolute atomic E-state index is 0.0205. The Morgan fingerprint density at radius 3 is 2.35 bits per heavy atom. The third-order valence-corrected chi connectivity index (χ3v) is 5.38. The van der Waals surface area contributed by atoms with Crippen molar-refractivity contribution < 1.29 is 17.6 Å². The van der Waals surface area contributed by atoms with Crippen molar-refractivity contribution in [3.05, 3.63) is 30.1 Å². The first-order valence-electron chi connectivity index (χ1n) is 7.39. The van der Waals surface area contributed by atoms with Gasteiger partial charge in [-0.2, -0.15) is 0 Å². The molecule has 0 radical (unpaired) electrons.